The molecule has 0 spiro atoms. The number of rotatable bonds is 4. The van der Waals surface area contributed by atoms with E-state index in [-0.39, 0.29) is 11.2 Å². The molecule has 2 aromatic heterocycles. The molecule has 0 N–H and O–H groups in total. The molecule has 1 aliphatic rings. The Morgan fingerprint density at radius 3 is 2.59 bits per heavy atom. The molecule has 166 valence electrons. The summed E-state index contributed by atoms with van der Waals surface area (Å²) in [5.74, 6) is 0.923. The Bertz CT molecular complexity index is 1600. The number of nitrogens with zero attached hydrogens (tertiary/aromatic N) is 2. The number of para-hydroxylation sites is 1. The molecule has 3 heterocycles. The van der Waals surface area contributed by atoms with Gasteiger partial charge in [0.25, 0.3) is 5.91 Å². The highest BCUT2D eigenvalue weighted by Crippen LogP contribution is 2.42. The number of halogens is 1. The number of amides is 1. The first-order valence-corrected chi connectivity index (χ1v) is 12.1. The quantitative estimate of drug-likeness (QED) is 0.263. The number of carbonyl (C=O) groups is 1. The fourth-order valence-corrected chi connectivity index (χ4v) is 5.19. The molecule has 6 nitrogen and oxygen atoms in total. The third-order valence-electron chi connectivity index (χ3n) is 5.61. The Morgan fingerprint density at radius 1 is 0.971 bits per heavy atom. The van der Waals surface area contributed by atoms with Gasteiger partial charge < -0.3 is 9.15 Å². The van der Waals surface area contributed by atoms with Gasteiger partial charge in [0.15, 0.2) is 10.6 Å². The maximum Gasteiger partial charge on any atom is 0.297 e. The molecular formula is C26H15BrN2O4S. The second-order valence-electron chi connectivity index (χ2n) is 7.69. The van der Waals surface area contributed by atoms with Crippen molar-refractivity contribution in [2.75, 3.05) is 4.90 Å². The highest BCUT2D eigenvalue weighted by atomic mass is 79.9. The van der Waals surface area contributed by atoms with Crippen LogP contribution in [0.3, 0.4) is 0 Å². The van der Waals surface area contributed by atoms with Crippen LogP contribution in [0.5, 0.6) is 11.5 Å². The smallest absolute Gasteiger partial charge is 0.297 e. The SMILES string of the molecule is O=C1c2oc3ccc(Br)cc3c(=O)c2C(c2cccc(Oc3ccccc3)c2)N1c1nccs1. The topological polar surface area (TPSA) is 72.6 Å². The summed E-state index contributed by atoms with van der Waals surface area (Å²) in [7, 11) is 0. The second kappa shape index (κ2) is 8.23. The highest BCUT2D eigenvalue weighted by Gasteiger charge is 2.44. The third kappa shape index (κ3) is 3.43. The Hall–Kier alpha value is -3.75. The van der Waals surface area contributed by atoms with Gasteiger partial charge in [-0.2, -0.15) is 0 Å². The van der Waals surface area contributed by atoms with E-state index in [4.69, 9.17) is 9.15 Å². The molecule has 1 atom stereocenters. The van der Waals surface area contributed by atoms with Crippen molar-refractivity contribution in [2.24, 2.45) is 0 Å². The van der Waals surface area contributed by atoms with Gasteiger partial charge in [0.05, 0.1) is 17.0 Å². The summed E-state index contributed by atoms with van der Waals surface area (Å²) in [5, 5.41) is 2.68. The first-order chi connectivity index (χ1) is 16.6. The molecule has 0 aliphatic carbocycles. The van der Waals surface area contributed by atoms with Crippen molar-refractivity contribution in [3.05, 3.63) is 116 Å². The maximum atomic E-state index is 13.7. The van der Waals surface area contributed by atoms with Gasteiger partial charge in [0.1, 0.15) is 17.1 Å². The van der Waals surface area contributed by atoms with Crippen molar-refractivity contribution < 1.29 is 13.9 Å². The van der Waals surface area contributed by atoms with E-state index in [1.165, 1.54) is 16.2 Å². The minimum Gasteiger partial charge on any atom is -0.457 e. The molecule has 5 aromatic rings. The molecule has 0 radical (unpaired) electrons. The summed E-state index contributed by atoms with van der Waals surface area (Å²) in [4.78, 5) is 33.1. The molecular weight excluding hydrogens is 516 g/mol. The first kappa shape index (κ1) is 20.8. The molecule has 1 amide bonds. The molecule has 0 bridgehead atoms. The highest BCUT2D eigenvalue weighted by molar-refractivity contribution is 9.10. The first-order valence-electron chi connectivity index (χ1n) is 10.4. The van der Waals surface area contributed by atoms with Gasteiger partial charge in [-0.15, -0.1) is 11.3 Å². The van der Waals surface area contributed by atoms with Crippen molar-refractivity contribution in [1.82, 2.24) is 4.98 Å². The molecule has 34 heavy (non-hydrogen) atoms. The maximum absolute atomic E-state index is 13.7. The lowest BCUT2D eigenvalue weighted by Crippen LogP contribution is -2.29. The monoisotopic (exact) mass is 530 g/mol. The second-order valence-corrected chi connectivity index (χ2v) is 9.48. The number of hydrogen-bond donors (Lipinski definition) is 0. The van der Waals surface area contributed by atoms with Crippen LogP contribution in [0.25, 0.3) is 11.0 Å². The largest absolute Gasteiger partial charge is 0.457 e. The van der Waals surface area contributed by atoms with E-state index in [1.807, 2.05) is 54.6 Å². The van der Waals surface area contributed by atoms with Crippen LogP contribution in [0.15, 0.2) is 98.1 Å². The van der Waals surface area contributed by atoms with Crippen molar-refractivity contribution in [3.63, 3.8) is 0 Å². The van der Waals surface area contributed by atoms with Crippen LogP contribution < -0.4 is 15.1 Å². The molecule has 1 aliphatic heterocycles. The van der Waals surface area contributed by atoms with Crippen LogP contribution in [-0.4, -0.2) is 10.9 Å². The van der Waals surface area contributed by atoms with Crippen LogP contribution in [0.4, 0.5) is 5.13 Å². The molecule has 3 aromatic carbocycles. The van der Waals surface area contributed by atoms with Crippen molar-refractivity contribution in [3.8, 4) is 11.5 Å². The van der Waals surface area contributed by atoms with E-state index in [0.29, 0.717) is 33.2 Å². The number of anilines is 1. The van der Waals surface area contributed by atoms with Crippen LogP contribution in [0.2, 0.25) is 0 Å². The number of aromatic nitrogens is 1. The fraction of sp³-hybridized carbons (Fsp3) is 0.0385. The minimum absolute atomic E-state index is 0.0365. The van der Waals surface area contributed by atoms with Crippen LogP contribution in [0.1, 0.15) is 27.7 Å². The summed E-state index contributed by atoms with van der Waals surface area (Å²) in [6, 6.07) is 21.3. The van der Waals surface area contributed by atoms with E-state index >= 15 is 0 Å². The number of fused-ring (bicyclic) bond motifs is 2. The van der Waals surface area contributed by atoms with Crippen molar-refractivity contribution in [1.29, 1.82) is 0 Å². The van der Waals surface area contributed by atoms with Gasteiger partial charge in [-0.05, 0) is 48.0 Å². The van der Waals surface area contributed by atoms with Crippen molar-refractivity contribution >= 4 is 49.3 Å². The zero-order valence-corrected chi connectivity index (χ0v) is 19.9. The Morgan fingerprint density at radius 2 is 1.79 bits per heavy atom. The Balaban J connectivity index is 1.55. The molecule has 0 fully saturated rings. The van der Waals surface area contributed by atoms with Gasteiger partial charge in [0, 0.05) is 16.0 Å². The van der Waals surface area contributed by atoms with Crippen LogP contribution in [0, 0.1) is 0 Å². The predicted molar refractivity (Wildman–Crippen MR) is 134 cm³/mol. The van der Waals surface area contributed by atoms with Crippen LogP contribution in [-0.2, 0) is 0 Å². The minimum atomic E-state index is -0.701. The van der Waals surface area contributed by atoms with Gasteiger partial charge in [-0.1, -0.05) is 46.3 Å². The zero-order chi connectivity index (χ0) is 23.2. The normalized spacial score (nSPS) is 15.0. The standard InChI is InChI=1S/C26H15BrN2O4S/c27-16-9-10-20-19(14-16)23(30)21-22(29(25(31)24(21)33-20)26-28-11-12-34-26)15-5-4-8-18(13-15)32-17-6-2-1-3-7-17/h1-14,22H. The van der Waals surface area contributed by atoms with E-state index in [2.05, 4.69) is 20.9 Å². The lowest BCUT2D eigenvalue weighted by atomic mass is 9.98. The van der Waals surface area contributed by atoms with E-state index in [9.17, 15) is 9.59 Å². The third-order valence-corrected chi connectivity index (χ3v) is 6.87. The van der Waals surface area contributed by atoms with E-state index in [1.54, 1.807) is 29.8 Å². The molecule has 0 saturated carbocycles. The number of benzene rings is 3. The number of thiazole rings is 1. The average molecular weight is 531 g/mol. The number of hydrogen-bond acceptors (Lipinski definition) is 6. The molecule has 6 rings (SSSR count). The molecule has 1 unspecified atom stereocenters. The summed E-state index contributed by atoms with van der Waals surface area (Å²) in [6.07, 6.45) is 1.63. The summed E-state index contributed by atoms with van der Waals surface area (Å²) >= 11 is 4.74. The summed E-state index contributed by atoms with van der Waals surface area (Å²) < 4.78 is 12.8. The van der Waals surface area contributed by atoms with Gasteiger partial charge in [0.2, 0.25) is 5.76 Å². The predicted octanol–water partition coefficient (Wildman–Crippen LogP) is 6.55. The van der Waals surface area contributed by atoms with Gasteiger partial charge in [-0.25, -0.2) is 4.98 Å². The average Bonchev–Trinajstić information content (AvgIpc) is 3.47. The van der Waals surface area contributed by atoms with E-state index in [0.717, 1.165) is 10.0 Å². The Kier molecular flexibility index (Phi) is 5.04. The van der Waals surface area contributed by atoms with Gasteiger partial charge in [-0.3, -0.25) is 14.5 Å². The molecule has 8 heteroatoms. The lowest BCUT2D eigenvalue weighted by Gasteiger charge is -2.23. The number of ether oxygens (including phenoxy) is 1. The lowest BCUT2D eigenvalue weighted by molar-refractivity contribution is 0.0971. The van der Waals surface area contributed by atoms with Crippen molar-refractivity contribution in [2.45, 2.75) is 6.04 Å². The van der Waals surface area contributed by atoms with Crippen LogP contribution >= 0.6 is 27.3 Å². The van der Waals surface area contributed by atoms with E-state index < -0.39 is 11.9 Å². The summed E-state index contributed by atoms with van der Waals surface area (Å²) in [5.41, 5.74) is 1.13. The molecule has 0 saturated heterocycles. The zero-order valence-electron chi connectivity index (χ0n) is 17.5. The summed E-state index contributed by atoms with van der Waals surface area (Å²) in [6.45, 7) is 0. The fourth-order valence-electron chi connectivity index (χ4n) is 4.17. The Labute approximate surface area is 206 Å². The number of carbonyl (C=O) groups excluding carboxylic acids is 1. The van der Waals surface area contributed by atoms with Gasteiger partial charge >= 0.3 is 0 Å².